The number of benzene rings is 2. The molecule has 1 amide bonds. The maximum atomic E-state index is 12.4. The second-order valence-corrected chi connectivity index (χ2v) is 6.76. The summed E-state index contributed by atoms with van der Waals surface area (Å²) in [6, 6.07) is 14.4. The number of rotatable bonds is 4. The van der Waals surface area contributed by atoms with Crippen molar-refractivity contribution in [1.29, 1.82) is 0 Å². The molecule has 3 unspecified atom stereocenters. The highest BCUT2D eigenvalue weighted by molar-refractivity contribution is 5.87. The standard InChI is InChI=1S/C20H25NO2/c1-14(17-10-9-16-6-2-3-7-18(16)12-17)20(23)21-13-15-5-4-8-19(22)11-15/h2-3,6-7,9-10,12,14-15,19,22H,4-5,8,11,13H2,1H3,(H,21,23). The average molecular weight is 311 g/mol. The summed E-state index contributed by atoms with van der Waals surface area (Å²) in [7, 11) is 0. The predicted molar refractivity (Wildman–Crippen MR) is 93.3 cm³/mol. The van der Waals surface area contributed by atoms with Crippen LogP contribution in [0.1, 0.15) is 44.1 Å². The molecule has 2 N–H and O–H groups in total. The highest BCUT2D eigenvalue weighted by Crippen LogP contribution is 2.25. The molecule has 3 heteroatoms. The summed E-state index contributed by atoms with van der Waals surface area (Å²) in [6.07, 6.45) is 3.68. The van der Waals surface area contributed by atoms with Crippen LogP contribution in [0.5, 0.6) is 0 Å². The van der Waals surface area contributed by atoms with Gasteiger partial charge in [0.1, 0.15) is 0 Å². The first kappa shape index (κ1) is 16.0. The van der Waals surface area contributed by atoms with Gasteiger partial charge in [-0.2, -0.15) is 0 Å². The van der Waals surface area contributed by atoms with E-state index in [1.165, 1.54) is 10.8 Å². The molecule has 1 aliphatic rings. The fourth-order valence-electron chi connectivity index (χ4n) is 3.47. The second-order valence-electron chi connectivity index (χ2n) is 6.76. The molecular formula is C20H25NO2. The Balaban J connectivity index is 1.61. The lowest BCUT2D eigenvalue weighted by Gasteiger charge is -2.26. The number of nitrogens with one attached hydrogen (secondary N) is 1. The topological polar surface area (TPSA) is 49.3 Å². The van der Waals surface area contributed by atoms with E-state index >= 15 is 0 Å². The number of amides is 1. The highest BCUT2D eigenvalue weighted by atomic mass is 16.3. The van der Waals surface area contributed by atoms with Gasteiger partial charge < -0.3 is 10.4 Å². The maximum absolute atomic E-state index is 12.4. The van der Waals surface area contributed by atoms with Crippen molar-refractivity contribution in [3.63, 3.8) is 0 Å². The zero-order valence-electron chi connectivity index (χ0n) is 13.7. The molecule has 2 aromatic carbocycles. The minimum Gasteiger partial charge on any atom is -0.393 e. The van der Waals surface area contributed by atoms with Crippen LogP contribution in [0.4, 0.5) is 0 Å². The molecule has 3 rings (SSSR count). The second kappa shape index (κ2) is 7.14. The van der Waals surface area contributed by atoms with E-state index < -0.39 is 0 Å². The van der Waals surface area contributed by atoms with Crippen LogP contribution in [0.15, 0.2) is 42.5 Å². The Morgan fingerprint density at radius 1 is 1.22 bits per heavy atom. The van der Waals surface area contributed by atoms with E-state index in [1.54, 1.807) is 0 Å². The van der Waals surface area contributed by atoms with Crippen molar-refractivity contribution >= 4 is 16.7 Å². The summed E-state index contributed by atoms with van der Waals surface area (Å²) >= 11 is 0. The molecule has 0 bridgehead atoms. The van der Waals surface area contributed by atoms with Gasteiger partial charge in [-0.1, -0.05) is 48.9 Å². The van der Waals surface area contributed by atoms with Crippen molar-refractivity contribution in [3.8, 4) is 0 Å². The third kappa shape index (κ3) is 3.91. The van der Waals surface area contributed by atoms with E-state index in [4.69, 9.17) is 0 Å². The fraction of sp³-hybridized carbons (Fsp3) is 0.450. The van der Waals surface area contributed by atoms with Gasteiger partial charge in [-0.25, -0.2) is 0 Å². The van der Waals surface area contributed by atoms with Crippen LogP contribution < -0.4 is 5.32 Å². The molecule has 3 nitrogen and oxygen atoms in total. The van der Waals surface area contributed by atoms with E-state index in [1.807, 2.05) is 25.1 Å². The van der Waals surface area contributed by atoms with Gasteiger partial charge in [0.25, 0.3) is 0 Å². The van der Waals surface area contributed by atoms with Crippen LogP contribution >= 0.6 is 0 Å². The van der Waals surface area contributed by atoms with Gasteiger partial charge in [0.2, 0.25) is 5.91 Å². The van der Waals surface area contributed by atoms with E-state index in [0.717, 1.165) is 31.2 Å². The van der Waals surface area contributed by atoms with Gasteiger partial charge in [0.15, 0.2) is 0 Å². The number of fused-ring (bicyclic) bond motifs is 1. The van der Waals surface area contributed by atoms with Crippen molar-refractivity contribution in [2.75, 3.05) is 6.54 Å². The molecule has 1 saturated carbocycles. The van der Waals surface area contributed by atoms with E-state index in [0.29, 0.717) is 12.5 Å². The minimum absolute atomic E-state index is 0.0698. The van der Waals surface area contributed by atoms with Gasteiger partial charge in [-0.15, -0.1) is 0 Å². The average Bonchev–Trinajstić information content (AvgIpc) is 2.58. The first-order chi connectivity index (χ1) is 11.1. The Kier molecular flexibility index (Phi) is 4.97. The number of carbonyl (C=O) groups is 1. The Bertz CT molecular complexity index is 682. The predicted octanol–water partition coefficient (Wildman–Crippen LogP) is 3.61. The fourth-order valence-corrected chi connectivity index (χ4v) is 3.47. The zero-order valence-corrected chi connectivity index (χ0v) is 13.7. The summed E-state index contributed by atoms with van der Waals surface area (Å²) in [6.45, 7) is 2.63. The summed E-state index contributed by atoms with van der Waals surface area (Å²) < 4.78 is 0. The van der Waals surface area contributed by atoms with Crippen molar-refractivity contribution in [2.45, 2.75) is 44.6 Å². The summed E-state index contributed by atoms with van der Waals surface area (Å²) in [4.78, 5) is 12.4. The quantitative estimate of drug-likeness (QED) is 0.906. The third-order valence-corrected chi connectivity index (χ3v) is 4.99. The lowest BCUT2D eigenvalue weighted by atomic mass is 9.87. The highest BCUT2D eigenvalue weighted by Gasteiger charge is 2.22. The van der Waals surface area contributed by atoms with Crippen LogP contribution in [0.3, 0.4) is 0 Å². The van der Waals surface area contributed by atoms with Gasteiger partial charge >= 0.3 is 0 Å². The zero-order chi connectivity index (χ0) is 16.2. The van der Waals surface area contributed by atoms with Gasteiger partial charge in [-0.05, 0) is 48.4 Å². The monoisotopic (exact) mass is 311 g/mol. The molecule has 0 saturated heterocycles. The van der Waals surface area contributed by atoms with Gasteiger partial charge in [0.05, 0.1) is 12.0 Å². The van der Waals surface area contributed by atoms with E-state index in [9.17, 15) is 9.90 Å². The molecule has 23 heavy (non-hydrogen) atoms. The molecule has 2 aromatic rings. The number of aliphatic hydroxyl groups excluding tert-OH is 1. The molecule has 0 aliphatic heterocycles. The van der Waals surface area contributed by atoms with Crippen molar-refractivity contribution in [1.82, 2.24) is 5.32 Å². The SMILES string of the molecule is CC(C(=O)NCC1CCCC(O)C1)c1ccc2ccccc2c1. The molecule has 0 aromatic heterocycles. The lowest BCUT2D eigenvalue weighted by molar-refractivity contribution is -0.122. The number of hydrogen-bond acceptors (Lipinski definition) is 2. The summed E-state index contributed by atoms with van der Waals surface area (Å²) in [5.41, 5.74) is 1.05. The molecule has 0 spiro atoms. The molecule has 122 valence electrons. The molecule has 3 atom stereocenters. The van der Waals surface area contributed by atoms with E-state index in [-0.39, 0.29) is 17.9 Å². The minimum atomic E-state index is -0.191. The maximum Gasteiger partial charge on any atom is 0.227 e. The van der Waals surface area contributed by atoms with Gasteiger partial charge in [-0.3, -0.25) is 4.79 Å². The largest absolute Gasteiger partial charge is 0.393 e. The Morgan fingerprint density at radius 3 is 2.78 bits per heavy atom. The Morgan fingerprint density at radius 2 is 2.00 bits per heavy atom. The number of aliphatic hydroxyl groups is 1. The van der Waals surface area contributed by atoms with Crippen LogP contribution in [0.2, 0.25) is 0 Å². The lowest BCUT2D eigenvalue weighted by Crippen LogP contribution is -2.35. The molecule has 0 heterocycles. The molecule has 0 radical (unpaired) electrons. The smallest absolute Gasteiger partial charge is 0.227 e. The first-order valence-electron chi connectivity index (χ1n) is 8.58. The first-order valence-corrected chi connectivity index (χ1v) is 8.58. The van der Waals surface area contributed by atoms with Crippen LogP contribution in [0.25, 0.3) is 10.8 Å². The molecular weight excluding hydrogens is 286 g/mol. The van der Waals surface area contributed by atoms with Crippen LogP contribution in [-0.4, -0.2) is 23.7 Å². The summed E-state index contributed by atoms with van der Waals surface area (Å²) in [5.74, 6) is 0.319. The van der Waals surface area contributed by atoms with Crippen molar-refractivity contribution < 1.29 is 9.90 Å². The van der Waals surface area contributed by atoms with Crippen LogP contribution in [0, 0.1) is 5.92 Å². The number of hydrogen-bond donors (Lipinski definition) is 2. The third-order valence-electron chi connectivity index (χ3n) is 4.99. The molecule has 1 aliphatic carbocycles. The van der Waals surface area contributed by atoms with Crippen molar-refractivity contribution in [3.05, 3.63) is 48.0 Å². The van der Waals surface area contributed by atoms with Crippen LogP contribution in [-0.2, 0) is 4.79 Å². The van der Waals surface area contributed by atoms with Crippen molar-refractivity contribution in [2.24, 2.45) is 5.92 Å². The summed E-state index contributed by atoms with van der Waals surface area (Å²) in [5, 5.41) is 15.2. The number of carbonyl (C=O) groups excluding carboxylic acids is 1. The van der Waals surface area contributed by atoms with Gasteiger partial charge in [0, 0.05) is 6.54 Å². The molecule has 1 fully saturated rings. The Hall–Kier alpha value is -1.87. The van der Waals surface area contributed by atoms with E-state index in [2.05, 4.69) is 29.6 Å². The Labute approximate surface area is 137 Å². The normalized spacial score (nSPS) is 22.7.